The number of ether oxygens (including phenoxy) is 2. The summed E-state index contributed by atoms with van der Waals surface area (Å²) in [5.41, 5.74) is 5.90. The Morgan fingerprint density at radius 2 is 1.54 bits per heavy atom. The number of hydrogen-bond donors (Lipinski definition) is 1. The fraction of sp³-hybridized carbons (Fsp3) is 1.00. The molecule has 0 aliphatic rings. The molecule has 0 fully saturated rings. The van der Waals surface area contributed by atoms with Crippen molar-refractivity contribution in [1.82, 2.24) is 0 Å². The highest BCUT2D eigenvalue weighted by atomic mass is 16.5. The van der Waals surface area contributed by atoms with Gasteiger partial charge in [0.05, 0.1) is 19.8 Å². The smallest absolute Gasteiger partial charge is 0.0701 e. The van der Waals surface area contributed by atoms with Gasteiger partial charge in [0.25, 0.3) is 0 Å². The Balaban J connectivity index is 3.39. The SMILES string of the molecule is CCOCCOCC(N)(CC)CC. The molecule has 0 radical (unpaired) electrons. The van der Waals surface area contributed by atoms with Gasteiger partial charge in [0.2, 0.25) is 0 Å². The van der Waals surface area contributed by atoms with Crippen molar-refractivity contribution in [2.75, 3.05) is 26.4 Å². The molecule has 0 atom stereocenters. The van der Waals surface area contributed by atoms with E-state index in [0.717, 1.165) is 19.4 Å². The second-order valence-electron chi connectivity index (χ2n) is 3.32. The average Bonchev–Trinajstić information content (AvgIpc) is 2.17. The van der Waals surface area contributed by atoms with Crippen LogP contribution in [0.3, 0.4) is 0 Å². The molecule has 0 saturated carbocycles. The largest absolute Gasteiger partial charge is 0.379 e. The van der Waals surface area contributed by atoms with Gasteiger partial charge in [-0.1, -0.05) is 13.8 Å². The topological polar surface area (TPSA) is 44.5 Å². The summed E-state index contributed by atoms with van der Waals surface area (Å²) in [6.07, 6.45) is 1.91. The van der Waals surface area contributed by atoms with E-state index in [4.69, 9.17) is 15.2 Å². The van der Waals surface area contributed by atoms with Crippen molar-refractivity contribution in [3.63, 3.8) is 0 Å². The fourth-order valence-electron chi connectivity index (χ4n) is 0.992. The lowest BCUT2D eigenvalue weighted by Crippen LogP contribution is -2.43. The van der Waals surface area contributed by atoms with Gasteiger partial charge >= 0.3 is 0 Å². The summed E-state index contributed by atoms with van der Waals surface area (Å²) in [6.45, 7) is 8.86. The minimum absolute atomic E-state index is 0.147. The summed E-state index contributed by atoms with van der Waals surface area (Å²) in [5, 5.41) is 0. The van der Waals surface area contributed by atoms with E-state index in [1.165, 1.54) is 0 Å². The zero-order valence-electron chi connectivity index (χ0n) is 9.14. The predicted molar refractivity (Wildman–Crippen MR) is 54.8 cm³/mol. The first-order valence-corrected chi connectivity index (χ1v) is 5.13. The molecule has 0 spiro atoms. The Morgan fingerprint density at radius 3 is 2.00 bits per heavy atom. The van der Waals surface area contributed by atoms with Gasteiger partial charge < -0.3 is 15.2 Å². The Kier molecular flexibility index (Phi) is 7.23. The molecule has 0 aromatic carbocycles. The third-order valence-electron chi connectivity index (χ3n) is 2.37. The molecule has 0 amide bonds. The molecule has 0 rings (SSSR count). The summed E-state index contributed by atoms with van der Waals surface area (Å²) in [6, 6.07) is 0. The van der Waals surface area contributed by atoms with E-state index in [1.807, 2.05) is 6.92 Å². The first-order chi connectivity index (χ1) is 6.18. The van der Waals surface area contributed by atoms with Crippen LogP contribution in [0.25, 0.3) is 0 Å². The Labute approximate surface area is 81.6 Å². The Bertz CT molecular complexity index is 113. The molecule has 0 aromatic heterocycles. The third kappa shape index (κ3) is 6.02. The Hall–Kier alpha value is -0.120. The summed E-state index contributed by atoms with van der Waals surface area (Å²) in [4.78, 5) is 0. The molecule has 3 heteroatoms. The molecule has 0 heterocycles. The number of nitrogens with two attached hydrogens (primary N) is 1. The molecule has 0 unspecified atom stereocenters. The van der Waals surface area contributed by atoms with Crippen LogP contribution >= 0.6 is 0 Å². The summed E-state index contributed by atoms with van der Waals surface area (Å²) < 4.78 is 10.6. The lowest BCUT2D eigenvalue weighted by Gasteiger charge is -2.26. The molecular formula is C10H23NO2. The number of rotatable bonds is 8. The Morgan fingerprint density at radius 1 is 1.00 bits per heavy atom. The summed E-state index contributed by atoms with van der Waals surface area (Å²) in [5.74, 6) is 0. The van der Waals surface area contributed by atoms with Gasteiger partial charge in [-0.15, -0.1) is 0 Å². The molecule has 80 valence electrons. The average molecular weight is 189 g/mol. The molecule has 0 bridgehead atoms. The zero-order chi connectivity index (χ0) is 10.2. The normalized spacial score (nSPS) is 12.0. The second kappa shape index (κ2) is 7.30. The van der Waals surface area contributed by atoms with E-state index < -0.39 is 0 Å². The van der Waals surface area contributed by atoms with Crippen molar-refractivity contribution in [2.45, 2.75) is 39.2 Å². The van der Waals surface area contributed by atoms with Crippen LogP contribution in [-0.4, -0.2) is 32.0 Å². The molecule has 0 aromatic rings. The molecule has 2 N–H and O–H groups in total. The highest BCUT2D eigenvalue weighted by molar-refractivity contribution is 4.80. The zero-order valence-corrected chi connectivity index (χ0v) is 9.14. The van der Waals surface area contributed by atoms with Crippen molar-refractivity contribution in [1.29, 1.82) is 0 Å². The molecule has 0 aliphatic heterocycles. The van der Waals surface area contributed by atoms with E-state index in [9.17, 15) is 0 Å². The van der Waals surface area contributed by atoms with Gasteiger partial charge in [-0.2, -0.15) is 0 Å². The van der Waals surface area contributed by atoms with Crippen molar-refractivity contribution in [2.24, 2.45) is 5.73 Å². The van der Waals surface area contributed by atoms with Crippen LogP contribution in [0.5, 0.6) is 0 Å². The van der Waals surface area contributed by atoms with Gasteiger partial charge in [-0.25, -0.2) is 0 Å². The predicted octanol–water partition coefficient (Wildman–Crippen LogP) is 1.56. The van der Waals surface area contributed by atoms with Gasteiger partial charge in [0, 0.05) is 12.1 Å². The van der Waals surface area contributed by atoms with Crippen molar-refractivity contribution < 1.29 is 9.47 Å². The monoisotopic (exact) mass is 189 g/mol. The molecule has 13 heavy (non-hydrogen) atoms. The maximum absolute atomic E-state index is 6.05. The van der Waals surface area contributed by atoms with Crippen LogP contribution in [0, 0.1) is 0 Å². The molecule has 3 nitrogen and oxygen atoms in total. The van der Waals surface area contributed by atoms with Crippen LogP contribution < -0.4 is 5.73 Å². The first-order valence-electron chi connectivity index (χ1n) is 5.13. The van der Waals surface area contributed by atoms with E-state index in [-0.39, 0.29) is 5.54 Å². The minimum Gasteiger partial charge on any atom is -0.379 e. The standard InChI is InChI=1S/C10H23NO2/c1-4-10(11,5-2)9-13-8-7-12-6-3/h4-9,11H2,1-3H3. The molecule has 0 aliphatic carbocycles. The fourth-order valence-corrected chi connectivity index (χ4v) is 0.992. The lowest BCUT2D eigenvalue weighted by molar-refractivity contribution is 0.0288. The van der Waals surface area contributed by atoms with Crippen LogP contribution in [0.2, 0.25) is 0 Å². The van der Waals surface area contributed by atoms with Crippen LogP contribution in [0.1, 0.15) is 33.6 Å². The highest BCUT2D eigenvalue weighted by Gasteiger charge is 2.19. The van der Waals surface area contributed by atoms with Gasteiger partial charge in [0.15, 0.2) is 0 Å². The van der Waals surface area contributed by atoms with Crippen LogP contribution in [0.4, 0.5) is 0 Å². The quantitative estimate of drug-likeness (QED) is 0.589. The van der Waals surface area contributed by atoms with E-state index in [1.54, 1.807) is 0 Å². The van der Waals surface area contributed by atoms with Crippen LogP contribution in [-0.2, 0) is 9.47 Å². The maximum Gasteiger partial charge on any atom is 0.0701 e. The lowest BCUT2D eigenvalue weighted by atomic mass is 9.96. The van der Waals surface area contributed by atoms with Gasteiger partial charge in [-0.3, -0.25) is 0 Å². The van der Waals surface area contributed by atoms with E-state index in [0.29, 0.717) is 19.8 Å². The minimum atomic E-state index is -0.147. The van der Waals surface area contributed by atoms with Gasteiger partial charge in [0.1, 0.15) is 0 Å². The van der Waals surface area contributed by atoms with E-state index in [2.05, 4.69) is 13.8 Å². The number of hydrogen-bond acceptors (Lipinski definition) is 3. The third-order valence-corrected chi connectivity index (χ3v) is 2.37. The molecule has 0 saturated heterocycles. The van der Waals surface area contributed by atoms with Crippen molar-refractivity contribution >= 4 is 0 Å². The first kappa shape index (κ1) is 12.9. The summed E-state index contributed by atoms with van der Waals surface area (Å²) in [7, 11) is 0. The maximum atomic E-state index is 6.05. The van der Waals surface area contributed by atoms with Crippen molar-refractivity contribution in [3.8, 4) is 0 Å². The highest BCUT2D eigenvalue weighted by Crippen LogP contribution is 2.10. The van der Waals surface area contributed by atoms with E-state index >= 15 is 0 Å². The molecular weight excluding hydrogens is 166 g/mol. The van der Waals surface area contributed by atoms with Crippen LogP contribution in [0.15, 0.2) is 0 Å². The van der Waals surface area contributed by atoms with Crippen molar-refractivity contribution in [3.05, 3.63) is 0 Å². The second-order valence-corrected chi connectivity index (χ2v) is 3.32. The van der Waals surface area contributed by atoms with Gasteiger partial charge in [-0.05, 0) is 19.8 Å². The summed E-state index contributed by atoms with van der Waals surface area (Å²) >= 11 is 0.